The van der Waals surface area contributed by atoms with Crippen molar-refractivity contribution in [2.75, 3.05) is 13.2 Å². The summed E-state index contributed by atoms with van der Waals surface area (Å²) in [7, 11) is 0. The first kappa shape index (κ1) is 24.0. The van der Waals surface area contributed by atoms with E-state index in [4.69, 9.17) is 9.15 Å². The maximum absolute atomic E-state index is 12.4. The summed E-state index contributed by atoms with van der Waals surface area (Å²) in [4.78, 5) is 8.82. The molecule has 11 heteroatoms. The molecule has 1 fully saturated rings. The van der Waals surface area contributed by atoms with Crippen molar-refractivity contribution in [2.24, 2.45) is 0 Å². The van der Waals surface area contributed by atoms with Crippen LogP contribution in [-0.4, -0.2) is 44.4 Å². The third kappa shape index (κ3) is 5.26. The Morgan fingerprint density at radius 1 is 1.08 bits per heavy atom. The monoisotopic (exact) mass is 500 g/mol. The van der Waals surface area contributed by atoms with Gasteiger partial charge in [0.15, 0.2) is 0 Å². The van der Waals surface area contributed by atoms with Crippen LogP contribution in [0.25, 0.3) is 22.8 Å². The molecule has 0 amide bonds. The SMILES string of the molecule is Cc1cc(-c2nc(-c3ccc(OC(F)(F)F)cc3)co2)nn1Cc1ccnc(C2(O)CCOCC2)c1. The average Bonchev–Trinajstić information content (AvgIpc) is 3.47. The molecule has 3 aromatic heterocycles. The van der Waals surface area contributed by atoms with Gasteiger partial charge in [0.2, 0.25) is 5.89 Å². The number of aromatic nitrogens is 4. The lowest BCUT2D eigenvalue weighted by Crippen LogP contribution is -2.34. The minimum absolute atomic E-state index is 0.286. The van der Waals surface area contributed by atoms with Crippen molar-refractivity contribution >= 4 is 0 Å². The van der Waals surface area contributed by atoms with Gasteiger partial charge in [-0.2, -0.15) is 5.10 Å². The Labute approximate surface area is 204 Å². The van der Waals surface area contributed by atoms with Gasteiger partial charge in [-0.1, -0.05) is 0 Å². The van der Waals surface area contributed by atoms with Gasteiger partial charge in [0.25, 0.3) is 0 Å². The van der Waals surface area contributed by atoms with Gasteiger partial charge in [0, 0.05) is 43.5 Å². The average molecular weight is 500 g/mol. The molecule has 1 aliphatic heterocycles. The van der Waals surface area contributed by atoms with Crippen molar-refractivity contribution in [3.05, 3.63) is 71.9 Å². The number of ether oxygens (including phenoxy) is 2. The normalized spacial score (nSPS) is 15.7. The van der Waals surface area contributed by atoms with Gasteiger partial charge in [-0.3, -0.25) is 9.67 Å². The van der Waals surface area contributed by atoms with Crippen molar-refractivity contribution in [1.82, 2.24) is 19.7 Å². The lowest BCUT2D eigenvalue weighted by Gasteiger charge is -2.31. The predicted octanol–water partition coefficient (Wildman–Crippen LogP) is 4.85. The molecule has 0 bridgehead atoms. The van der Waals surface area contributed by atoms with E-state index in [9.17, 15) is 18.3 Å². The Balaban J connectivity index is 1.32. The zero-order valence-electron chi connectivity index (χ0n) is 19.3. The molecular weight excluding hydrogens is 477 g/mol. The highest BCUT2D eigenvalue weighted by molar-refractivity contribution is 5.62. The summed E-state index contributed by atoms with van der Waals surface area (Å²) in [5.41, 5.74) is 2.99. The third-order valence-corrected chi connectivity index (χ3v) is 6.04. The fourth-order valence-electron chi connectivity index (χ4n) is 4.09. The van der Waals surface area contributed by atoms with Gasteiger partial charge in [-0.15, -0.1) is 13.2 Å². The highest BCUT2D eigenvalue weighted by Gasteiger charge is 2.33. The maximum atomic E-state index is 12.4. The molecule has 1 aliphatic rings. The summed E-state index contributed by atoms with van der Waals surface area (Å²) < 4.78 is 53.8. The smallest absolute Gasteiger partial charge is 0.443 e. The van der Waals surface area contributed by atoms with E-state index in [0.29, 0.717) is 55.2 Å². The molecule has 8 nitrogen and oxygen atoms in total. The number of oxazole rings is 1. The molecule has 0 atom stereocenters. The van der Waals surface area contributed by atoms with Crippen LogP contribution in [0.2, 0.25) is 0 Å². The molecule has 0 saturated carbocycles. The maximum Gasteiger partial charge on any atom is 0.573 e. The van der Waals surface area contributed by atoms with E-state index in [1.165, 1.54) is 30.5 Å². The number of benzene rings is 1. The Morgan fingerprint density at radius 3 is 2.56 bits per heavy atom. The Bertz CT molecular complexity index is 1340. The number of nitrogens with zero attached hydrogens (tertiary/aromatic N) is 4. The lowest BCUT2D eigenvalue weighted by atomic mass is 9.89. The molecule has 0 aliphatic carbocycles. The molecule has 1 N–H and O–H groups in total. The van der Waals surface area contributed by atoms with Crippen LogP contribution in [0.5, 0.6) is 5.75 Å². The number of alkyl halides is 3. The number of aliphatic hydroxyl groups is 1. The van der Waals surface area contributed by atoms with Crippen molar-refractivity contribution < 1.29 is 32.2 Å². The number of pyridine rings is 1. The van der Waals surface area contributed by atoms with E-state index < -0.39 is 12.0 Å². The van der Waals surface area contributed by atoms with E-state index in [2.05, 4.69) is 19.8 Å². The third-order valence-electron chi connectivity index (χ3n) is 6.04. The van der Waals surface area contributed by atoms with Crippen LogP contribution in [0.1, 0.15) is 29.8 Å². The molecule has 0 unspecified atom stereocenters. The minimum Gasteiger partial charge on any atom is -0.443 e. The largest absolute Gasteiger partial charge is 0.573 e. The van der Waals surface area contributed by atoms with E-state index in [1.54, 1.807) is 10.9 Å². The molecule has 1 saturated heterocycles. The number of halogens is 3. The quantitative estimate of drug-likeness (QED) is 0.404. The summed E-state index contributed by atoms with van der Waals surface area (Å²) in [6, 6.07) is 11.0. The van der Waals surface area contributed by atoms with Gasteiger partial charge in [-0.05, 0) is 55.0 Å². The lowest BCUT2D eigenvalue weighted by molar-refractivity contribution is -0.274. The van der Waals surface area contributed by atoms with Gasteiger partial charge in [0.1, 0.15) is 29.0 Å². The molecular formula is C25H23F3N4O4. The highest BCUT2D eigenvalue weighted by Crippen LogP contribution is 2.31. The van der Waals surface area contributed by atoms with Gasteiger partial charge < -0.3 is 19.0 Å². The van der Waals surface area contributed by atoms with Crippen LogP contribution in [0.3, 0.4) is 0 Å². The number of aryl methyl sites for hydroxylation is 1. The summed E-state index contributed by atoms with van der Waals surface area (Å²) in [5.74, 6) is -0.0260. The van der Waals surface area contributed by atoms with Crippen molar-refractivity contribution in [3.8, 4) is 28.6 Å². The molecule has 4 aromatic rings. The van der Waals surface area contributed by atoms with Crippen molar-refractivity contribution in [1.29, 1.82) is 0 Å². The molecule has 0 spiro atoms. The van der Waals surface area contributed by atoms with Crippen LogP contribution in [-0.2, 0) is 16.9 Å². The van der Waals surface area contributed by atoms with E-state index in [-0.39, 0.29) is 11.6 Å². The van der Waals surface area contributed by atoms with Crippen LogP contribution in [0.4, 0.5) is 13.2 Å². The second-order valence-electron chi connectivity index (χ2n) is 8.63. The van der Waals surface area contributed by atoms with E-state index in [1.807, 2.05) is 25.1 Å². The number of rotatable bonds is 6. The van der Waals surface area contributed by atoms with Crippen molar-refractivity contribution in [3.63, 3.8) is 0 Å². The summed E-state index contributed by atoms with van der Waals surface area (Å²) in [6.07, 6.45) is -0.643. The molecule has 4 heterocycles. The first-order chi connectivity index (χ1) is 17.2. The molecule has 0 radical (unpaired) electrons. The second kappa shape index (κ2) is 9.40. The Morgan fingerprint density at radius 2 is 1.83 bits per heavy atom. The van der Waals surface area contributed by atoms with Crippen LogP contribution in [0.15, 0.2) is 59.3 Å². The summed E-state index contributed by atoms with van der Waals surface area (Å²) >= 11 is 0. The fourth-order valence-corrected chi connectivity index (χ4v) is 4.09. The zero-order chi connectivity index (χ0) is 25.3. The molecule has 36 heavy (non-hydrogen) atoms. The number of hydrogen-bond acceptors (Lipinski definition) is 7. The summed E-state index contributed by atoms with van der Waals surface area (Å²) in [5, 5.41) is 15.6. The van der Waals surface area contributed by atoms with Crippen molar-refractivity contribution in [2.45, 2.75) is 38.3 Å². The van der Waals surface area contributed by atoms with Crippen LogP contribution >= 0.6 is 0 Å². The molecule has 188 valence electrons. The fraction of sp³-hybridized carbons (Fsp3) is 0.320. The van der Waals surface area contributed by atoms with Gasteiger partial charge >= 0.3 is 6.36 Å². The standard InChI is InChI=1S/C25H23F3N4O4/c1-16-12-20(23-30-21(15-35-23)18-2-4-19(5-3-18)36-25(26,27)28)31-32(16)14-17-6-9-29-22(13-17)24(33)7-10-34-11-8-24/h2-6,9,12-13,15,33H,7-8,10-11,14H2,1H3. The Hall–Kier alpha value is -3.70. The topological polar surface area (TPSA) is 95.4 Å². The van der Waals surface area contributed by atoms with E-state index >= 15 is 0 Å². The van der Waals surface area contributed by atoms with Crippen LogP contribution < -0.4 is 4.74 Å². The predicted molar refractivity (Wildman–Crippen MR) is 122 cm³/mol. The number of hydrogen-bond donors (Lipinski definition) is 1. The van der Waals surface area contributed by atoms with E-state index in [0.717, 1.165) is 11.3 Å². The minimum atomic E-state index is -4.75. The Kier molecular flexibility index (Phi) is 6.27. The molecule has 5 rings (SSSR count). The first-order valence-electron chi connectivity index (χ1n) is 11.3. The van der Waals surface area contributed by atoms with Gasteiger partial charge in [-0.25, -0.2) is 4.98 Å². The van der Waals surface area contributed by atoms with Gasteiger partial charge in [0.05, 0.1) is 12.2 Å². The highest BCUT2D eigenvalue weighted by atomic mass is 19.4. The molecule has 1 aromatic carbocycles. The first-order valence-corrected chi connectivity index (χ1v) is 11.3. The second-order valence-corrected chi connectivity index (χ2v) is 8.63. The zero-order valence-corrected chi connectivity index (χ0v) is 19.3. The summed E-state index contributed by atoms with van der Waals surface area (Å²) in [6.45, 7) is 3.36. The van der Waals surface area contributed by atoms with Crippen LogP contribution in [0, 0.1) is 6.92 Å².